The maximum absolute atomic E-state index is 13.0. The topological polar surface area (TPSA) is 81.4 Å². The molecule has 6 heteroatoms. The molecule has 0 unspecified atom stereocenters. The van der Waals surface area contributed by atoms with E-state index in [4.69, 9.17) is 14.8 Å². The Bertz CT molecular complexity index is 1160. The lowest BCUT2D eigenvalue weighted by molar-refractivity contribution is -0.0374. The molecule has 1 aliphatic rings. The Labute approximate surface area is 162 Å². The summed E-state index contributed by atoms with van der Waals surface area (Å²) in [6.45, 7) is 6.17. The fourth-order valence-corrected chi connectivity index (χ4v) is 3.93. The lowest BCUT2D eigenvalue weighted by Crippen LogP contribution is -2.30. The first-order chi connectivity index (χ1) is 13.4. The maximum atomic E-state index is 13.0. The summed E-state index contributed by atoms with van der Waals surface area (Å²) < 4.78 is 7.53. The third-order valence-electron chi connectivity index (χ3n) is 5.37. The van der Waals surface area contributed by atoms with Crippen molar-refractivity contribution in [1.82, 2.24) is 9.55 Å². The second-order valence-corrected chi connectivity index (χ2v) is 7.61. The first-order valence-corrected chi connectivity index (χ1v) is 9.24. The molecule has 0 saturated carbocycles. The van der Waals surface area contributed by atoms with E-state index in [1.807, 2.05) is 38.1 Å². The van der Waals surface area contributed by atoms with Crippen LogP contribution in [0.5, 0.6) is 0 Å². The number of hydrogen-bond acceptors (Lipinski definition) is 5. The zero-order valence-corrected chi connectivity index (χ0v) is 16.2. The summed E-state index contributed by atoms with van der Waals surface area (Å²) in [5.74, 6) is 0. The van der Waals surface area contributed by atoms with Gasteiger partial charge in [0.2, 0.25) is 0 Å². The molecule has 0 atom stereocenters. The summed E-state index contributed by atoms with van der Waals surface area (Å²) in [4.78, 5) is 28.9. The van der Waals surface area contributed by atoms with E-state index >= 15 is 0 Å². The minimum atomic E-state index is -0.708. The van der Waals surface area contributed by atoms with Gasteiger partial charge in [0.25, 0.3) is 5.56 Å². The zero-order valence-electron chi connectivity index (χ0n) is 16.2. The van der Waals surface area contributed by atoms with E-state index in [0.717, 1.165) is 39.7 Å². The van der Waals surface area contributed by atoms with Gasteiger partial charge < -0.3 is 14.4 Å². The molecule has 0 spiro atoms. The Morgan fingerprint density at radius 3 is 2.79 bits per heavy atom. The zero-order chi connectivity index (χ0) is 20.1. The van der Waals surface area contributed by atoms with Crippen LogP contribution in [0.15, 0.2) is 35.1 Å². The van der Waals surface area contributed by atoms with E-state index in [0.29, 0.717) is 17.7 Å². The highest BCUT2D eigenvalue weighted by molar-refractivity contribution is 5.89. The van der Waals surface area contributed by atoms with Crippen LogP contribution in [-0.2, 0) is 16.9 Å². The van der Waals surface area contributed by atoms with Crippen LogP contribution in [0, 0.1) is 6.92 Å². The third kappa shape index (κ3) is 2.85. The van der Waals surface area contributed by atoms with Crippen molar-refractivity contribution in [2.24, 2.45) is 0 Å². The highest BCUT2D eigenvalue weighted by atomic mass is 16.5. The number of carbonyl (C=O) groups excluding carboxylic acids is 1. The fourth-order valence-electron chi connectivity index (χ4n) is 3.93. The van der Waals surface area contributed by atoms with Crippen LogP contribution in [0.1, 0.15) is 40.9 Å². The summed E-state index contributed by atoms with van der Waals surface area (Å²) in [6.07, 6.45) is 0.815. The van der Waals surface area contributed by atoms with E-state index < -0.39 is 5.60 Å². The Hall–Kier alpha value is -2.83. The molecular weight excluding hydrogens is 356 g/mol. The van der Waals surface area contributed by atoms with Crippen LogP contribution in [-0.4, -0.2) is 34.2 Å². The minimum Gasteiger partial charge on any atom is -0.394 e. The van der Waals surface area contributed by atoms with Crippen molar-refractivity contribution in [2.45, 2.75) is 32.9 Å². The van der Waals surface area contributed by atoms with E-state index in [-0.39, 0.29) is 18.8 Å². The van der Waals surface area contributed by atoms with Gasteiger partial charge in [-0.1, -0.05) is 0 Å². The molecule has 0 amide bonds. The summed E-state index contributed by atoms with van der Waals surface area (Å²) in [5, 5.41) is 9.98. The second-order valence-electron chi connectivity index (χ2n) is 7.61. The molecule has 0 aliphatic carbocycles. The van der Waals surface area contributed by atoms with Gasteiger partial charge in [-0.15, -0.1) is 0 Å². The molecule has 1 N–H and O–H groups in total. The Kier molecular flexibility index (Phi) is 4.40. The molecule has 2 aromatic heterocycles. The van der Waals surface area contributed by atoms with Crippen molar-refractivity contribution in [3.8, 4) is 11.4 Å². The number of aldehydes is 1. The summed E-state index contributed by atoms with van der Waals surface area (Å²) >= 11 is 0. The Morgan fingerprint density at radius 1 is 1.29 bits per heavy atom. The third-order valence-corrected chi connectivity index (χ3v) is 5.37. The summed E-state index contributed by atoms with van der Waals surface area (Å²) in [5.41, 5.74) is 4.54. The monoisotopic (exact) mass is 378 g/mol. The van der Waals surface area contributed by atoms with Crippen molar-refractivity contribution in [1.29, 1.82) is 0 Å². The van der Waals surface area contributed by atoms with Crippen LogP contribution in [0.25, 0.3) is 22.3 Å². The van der Waals surface area contributed by atoms with Crippen molar-refractivity contribution in [2.75, 3.05) is 13.2 Å². The molecule has 3 aromatic rings. The van der Waals surface area contributed by atoms with Crippen LogP contribution in [0.4, 0.5) is 0 Å². The maximum Gasteiger partial charge on any atom is 0.254 e. The molecule has 0 fully saturated rings. The second kappa shape index (κ2) is 6.65. The number of aliphatic hydroxyl groups excluding tert-OH is 1. The molecule has 0 radical (unpaired) electrons. The van der Waals surface area contributed by atoms with Crippen molar-refractivity contribution in [3.63, 3.8) is 0 Å². The quantitative estimate of drug-likeness (QED) is 0.540. The number of pyridine rings is 2. The van der Waals surface area contributed by atoms with Gasteiger partial charge in [-0.3, -0.25) is 9.59 Å². The number of aromatic nitrogens is 2. The van der Waals surface area contributed by atoms with Crippen LogP contribution < -0.4 is 5.56 Å². The highest BCUT2D eigenvalue weighted by Crippen LogP contribution is 2.35. The number of ether oxygens (including phenoxy) is 1. The minimum absolute atomic E-state index is 0.0659. The average molecular weight is 378 g/mol. The SMILES string of the molecule is Cc1c(C(C)(C)OCCO)cc2n(c1=O)Cc1cc3cc(C=O)ccc3nc1-2. The van der Waals surface area contributed by atoms with Crippen molar-refractivity contribution in [3.05, 3.63) is 62.9 Å². The number of hydrogen-bond donors (Lipinski definition) is 1. The number of rotatable bonds is 5. The number of carbonyl (C=O) groups is 1. The molecule has 0 bridgehead atoms. The average Bonchev–Trinajstić information content (AvgIpc) is 3.04. The van der Waals surface area contributed by atoms with Gasteiger partial charge in [-0.2, -0.15) is 0 Å². The molecule has 0 saturated heterocycles. The lowest BCUT2D eigenvalue weighted by Gasteiger charge is -2.28. The van der Waals surface area contributed by atoms with Gasteiger partial charge in [0.1, 0.15) is 6.29 Å². The van der Waals surface area contributed by atoms with Gasteiger partial charge in [0.15, 0.2) is 0 Å². The number of nitrogens with zero attached hydrogens (tertiary/aromatic N) is 2. The van der Waals surface area contributed by atoms with Gasteiger partial charge in [0.05, 0.1) is 42.3 Å². The van der Waals surface area contributed by atoms with Crippen LogP contribution >= 0.6 is 0 Å². The largest absolute Gasteiger partial charge is 0.394 e. The van der Waals surface area contributed by atoms with E-state index in [1.54, 1.807) is 17.6 Å². The normalized spacial score (nSPS) is 12.9. The van der Waals surface area contributed by atoms with Gasteiger partial charge in [-0.05, 0) is 56.7 Å². The van der Waals surface area contributed by atoms with E-state index in [9.17, 15) is 9.59 Å². The highest BCUT2D eigenvalue weighted by Gasteiger charge is 2.30. The smallest absolute Gasteiger partial charge is 0.254 e. The molecule has 6 nitrogen and oxygen atoms in total. The van der Waals surface area contributed by atoms with Crippen LogP contribution in [0.3, 0.4) is 0 Å². The molecule has 1 aromatic carbocycles. The first kappa shape index (κ1) is 18.5. The number of benzene rings is 1. The van der Waals surface area contributed by atoms with Gasteiger partial charge >= 0.3 is 0 Å². The molecule has 4 rings (SSSR count). The van der Waals surface area contributed by atoms with Crippen molar-refractivity contribution < 1.29 is 14.6 Å². The van der Waals surface area contributed by atoms with Crippen LogP contribution in [0.2, 0.25) is 0 Å². The van der Waals surface area contributed by atoms with E-state index in [2.05, 4.69) is 0 Å². The fraction of sp³-hybridized carbons (Fsp3) is 0.318. The molecule has 3 heterocycles. The molecule has 144 valence electrons. The van der Waals surface area contributed by atoms with Crippen molar-refractivity contribution >= 4 is 17.2 Å². The number of aliphatic hydroxyl groups is 1. The Balaban J connectivity index is 1.90. The van der Waals surface area contributed by atoms with E-state index in [1.165, 1.54) is 0 Å². The lowest BCUT2D eigenvalue weighted by atomic mass is 9.93. The first-order valence-electron chi connectivity index (χ1n) is 9.24. The predicted molar refractivity (Wildman–Crippen MR) is 107 cm³/mol. The summed E-state index contributed by atoms with van der Waals surface area (Å²) in [7, 11) is 0. The molecule has 1 aliphatic heterocycles. The standard InChI is InChI=1S/C22H22N2O4/c1-13-17(22(2,3)28-7-6-25)10-19-20-16(11-24(19)21(13)27)9-15-8-14(12-26)4-5-18(15)23-20/h4-5,8-10,12,25H,6-7,11H2,1-3H3. The number of fused-ring (bicyclic) bond motifs is 4. The summed E-state index contributed by atoms with van der Waals surface area (Å²) in [6, 6.07) is 9.34. The molecular formula is C22H22N2O4. The van der Waals surface area contributed by atoms with Gasteiger partial charge in [-0.25, -0.2) is 4.98 Å². The van der Waals surface area contributed by atoms with Gasteiger partial charge in [0, 0.05) is 22.1 Å². The predicted octanol–water partition coefficient (Wildman–Crippen LogP) is 2.79. The molecule has 28 heavy (non-hydrogen) atoms. The Morgan fingerprint density at radius 2 is 2.07 bits per heavy atom.